The lowest BCUT2D eigenvalue weighted by Gasteiger charge is -2.08. The molecule has 0 aromatic carbocycles. The Labute approximate surface area is 112 Å². The van der Waals surface area contributed by atoms with Crippen molar-refractivity contribution in [3.63, 3.8) is 0 Å². The van der Waals surface area contributed by atoms with Crippen molar-refractivity contribution in [3.05, 3.63) is 23.3 Å². The number of fused-ring (bicyclic) bond motifs is 5. The highest BCUT2D eigenvalue weighted by molar-refractivity contribution is 9.09. The molecule has 0 amide bonds. The summed E-state index contributed by atoms with van der Waals surface area (Å²) >= 11 is 3.13. The van der Waals surface area contributed by atoms with Gasteiger partial charge in [0.2, 0.25) is 11.8 Å². The topological polar surface area (TPSA) is 71.7 Å². The summed E-state index contributed by atoms with van der Waals surface area (Å²) in [6, 6.07) is 0. The number of aromatic hydroxyl groups is 2. The molecular weight excluding hydrogens is 302 g/mol. The second kappa shape index (κ2) is 4.05. The first-order valence-corrected chi connectivity index (χ1v) is 6.87. The monoisotopic (exact) mass is 313 g/mol. The van der Waals surface area contributed by atoms with E-state index in [1.807, 2.05) is 12.2 Å². The van der Waals surface area contributed by atoms with E-state index >= 15 is 0 Å². The fourth-order valence-corrected chi connectivity index (χ4v) is 3.05. The van der Waals surface area contributed by atoms with Gasteiger partial charge in [-0.2, -0.15) is 0 Å². The van der Waals surface area contributed by atoms with Crippen molar-refractivity contribution in [2.24, 2.45) is 0 Å². The molecule has 2 aliphatic carbocycles. The summed E-state index contributed by atoms with van der Waals surface area (Å²) < 4.78 is 0.835. The molecule has 1 aromatic heterocycles. The fourth-order valence-electron chi connectivity index (χ4n) is 2.73. The van der Waals surface area contributed by atoms with Gasteiger partial charge in [0.15, 0.2) is 0 Å². The number of alkyl halides is 1. The van der Waals surface area contributed by atoms with Crippen LogP contribution in [0.1, 0.15) is 35.8 Å². The minimum atomic E-state index is -0.508. The summed E-state index contributed by atoms with van der Waals surface area (Å²) in [7, 11) is 0. The summed E-state index contributed by atoms with van der Waals surface area (Å²) in [5, 5.41) is 20.6. The second-order valence-corrected chi connectivity index (χ2v) is 5.30. The Hall–Kier alpha value is -1.43. The average Bonchev–Trinajstić information content (AvgIpc) is 2.99. The van der Waals surface area contributed by atoms with Crippen LogP contribution in [-0.4, -0.2) is 26.2 Å². The van der Waals surface area contributed by atoms with E-state index in [2.05, 4.69) is 15.9 Å². The molecule has 0 fully saturated rings. The molecule has 2 atom stereocenters. The molecule has 6 heteroatoms. The number of nitrogens with zero attached hydrogens (tertiary/aromatic N) is 1. The van der Waals surface area contributed by atoms with E-state index in [9.17, 15) is 15.0 Å². The number of rotatable bonds is 3. The lowest BCUT2D eigenvalue weighted by molar-refractivity contribution is -0.144. The lowest BCUT2D eigenvalue weighted by atomic mass is 10.0. The van der Waals surface area contributed by atoms with E-state index in [0.29, 0.717) is 16.5 Å². The number of allylic oxidation sites excluding steroid dienone is 2. The van der Waals surface area contributed by atoms with Gasteiger partial charge in [-0.25, -0.2) is 4.79 Å². The summed E-state index contributed by atoms with van der Waals surface area (Å²) in [5.74, 6) is -0.602. The zero-order valence-electron chi connectivity index (χ0n) is 9.47. The lowest BCUT2D eigenvalue weighted by Crippen LogP contribution is -2.19. The summed E-state index contributed by atoms with van der Waals surface area (Å²) in [6.45, 7) is 0. The minimum absolute atomic E-state index is 0.118. The molecule has 0 saturated carbocycles. The van der Waals surface area contributed by atoms with Crippen molar-refractivity contribution < 1.29 is 19.8 Å². The molecule has 0 saturated heterocycles. The Morgan fingerprint density at radius 1 is 1.33 bits per heavy atom. The van der Waals surface area contributed by atoms with Crippen molar-refractivity contribution in [2.45, 2.75) is 24.7 Å². The predicted molar refractivity (Wildman–Crippen MR) is 67.0 cm³/mol. The van der Waals surface area contributed by atoms with Gasteiger partial charge >= 0.3 is 5.97 Å². The van der Waals surface area contributed by atoms with Crippen LogP contribution in [0.15, 0.2) is 12.2 Å². The predicted octanol–water partition coefficient (Wildman–Crippen LogP) is 1.78. The molecule has 5 nitrogen and oxygen atoms in total. The maximum absolute atomic E-state index is 11.4. The third kappa shape index (κ3) is 1.48. The molecular formula is C12H12BrNO4. The molecule has 1 aromatic rings. The normalized spacial score (nSPS) is 23.4. The summed E-state index contributed by atoms with van der Waals surface area (Å²) in [5.41, 5.74) is 1.37. The molecule has 2 unspecified atom stereocenters. The van der Waals surface area contributed by atoms with E-state index in [0.717, 1.165) is 11.2 Å². The molecule has 2 aliphatic rings. The molecule has 0 aliphatic heterocycles. The van der Waals surface area contributed by atoms with E-state index in [4.69, 9.17) is 4.84 Å². The van der Waals surface area contributed by atoms with Crippen LogP contribution in [0.2, 0.25) is 0 Å². The van der Waals surface area contributed by atoms with E-state index < -0.39 is 5.97 Å². The standard InChI is InChI=1S/C12H12BrNO4/c13-4-3-8(15)18-14-11(16)9-6-1-2-7(5-6)10(9)12(14)17/h1-2,6-7,16-17H,3-5H2. The molecule has 0 radical (unpaired) electrons. The summed E-state index contributed by atoms with van der Waals surface area (Å²) in [6.07, 6.45) is 5.07. The molecule has 2 bridgehead atoms. The summed E-state index contributed by atoms with van der Waals surface area (Å²) in [4.78, 5) is 16.4. The zero-order valence-corrected chi connectivity index (χ0v) is 11.1. The van der Waals surface area contributed by atoms with Crippen LogP contribution in [0.25, 0.3) is 0 Å². The minimum Gasteiger partial charge on any atom is -0.492 e. The van der Waals surface area contributed by atoms with Crippen LogP contribution in [0, 0.1) is 0 Å². The number of aromatic nitrogens is 1. The number of carbonyl (C=O) groups excluding carboxylic acids is 1. The van der Waals surface area contributed by atoms with Crippen LogP contribution in [0.4, 0.5) is 0 Å². The quantitative estimate of drug-likeness (QED) is 0.659. The Kier molecular flexibility index (Phi) is 2.62. The molecule has 3 rings (SSSR count). The molecule has 0 spiro atoms. The maximum Gasteiger partial charge on any atom is 0.334 e. The van der Waals surface area contributed by atoms with E-state index in [1.54, 1.807) is 0 Å². The Bertz CT molecular complexity index is 513. The van der Waals surface area contributed by atoms with Gasteiger partial charge in [0.1, 0.15) is 0 Å². The Morgan fingerprint density at radius 3 is 2.39 bits per heavy atom. The van der Waals surface area contributed by atoms with Gasteiger partial charge < -0.3 is 15.1 Å². The van der Waals surface area contributed by atoms with Gasteiger partial charge in [-0.05, 0) is 6.42 Å². The SMILES string of the molecule is O=C(CCBr)On1c(O)c2c(c1O)C1C=CC2C1. The molecule has 18 heavy (non-hydrogen) atoms. The van der Waals surface area contributed by atoms with Gasteiger partial charge in [-0.1, -0.05) is 28.1 Å². The highest BCUT2D eigenvalue weighted by Crippen LogP contribution is 2.56. The van der Waals surface area contributed by atoms with Gasteiger partial charge in [-0.15, -0.1) is 4.73 Å². The van der Waals surface area contributed by atoms with Gasteiger partial charge in [0.25, 0.3) is 0 Å². The van der Waals surface area contributed by atoms with Gasteiger partial charge in [0, 0.05) is 28.3 Å². The first kappa shape index (κ1) is 11.6. The third-order valence-corrected chi connectivity index (χ3v) is 3.87. The van der Waals surface area contributed by atoms with Crippen molar-refractivity contribution in [3.8, 4) is 11.8 Å². The van der Waals surface area contributed by atoms with Crippen molar-refractivity contribution in [2.75, 3.05) is 5.33 Å². The highest BCUT2D eigenvalue weighted by atomic mass is 79.9. The molecule has 96 valence electrons. The number of hydrogen-bond acceptors (Lipinski definition) is 4. The van der Waals surface area contributed by atoms with Crippen molar-refractivity contribution >= 4 is 21.9 Å². The van der Waals surface area contributed by atoms with Crippen LogP contribution in [-0.2, 0) is 4.79 Å². The molecule has 2 N–H and O–H groups in total. The van der Waals surface area contributed by atoms with E-state index in [1.165, 1.54) is 0 Å². The third-order valence-electron chi connectivity index (χ3n) is 3.47. The number of carbonyl (C=O) groups is 1. The number of hydrogen-bond donors (Lipinski definition) is 2. The highest BCUT2D eigenvalue weighted by Gasteiger charge is 2.41. The number of halogens is 1. The Balaban J connectivity index is 1.96. The fraction of sp³-hybridized carbons (Fsp3) is 0.417. The van der Waals surface area contributed by atoms with Crippen molar-refractivity contribution in [1.82, 2.24) is 4.73 Å². The van der Waals surface area contributed by atoms with E-state index in [-0.39, 0.29) is 30.0 Å². The largest absolute Gasteiger partial charge is 0.492 e. The first-order valence-electron chi connectivity index (χ1n) is 5.75. The van der Waals surface area contributed by atoms with Gasteiger partial charge in [0.05, 0.1) is 6.42 Å². The second-order valence-electron chi connectivity index (χ2n) is 4.50. The first-order chi connectivity index (χ1) is 8.63. The van der Waals surface area contributed by atoms with Crippen LogP contribution < -0.4 is 4.84 Å². The maximum atomic E-state index is 11.4. The average molecular weight is 314 g/mol. The smallest absolute Gasteiger partial charge is 0.334 e. The van der Waals surface area contributed by atoms with Crippen LogP contribution in [0.5, 0.6) is 11.8 Å². The van der Waals surface area contributed by atoms with Crippen molar-refractivity contribution in [1.29, 1.82) is 0 Å². The van der Waals surface area contributed by atoms with Crippen LogP contribution >= 0.6 is 15.9 Å². The van der Waals surface area contributed by atoms with Crippen LogP contribution in [0.3, 0.4) is 0 Å². The zero-order chi connectivity index (χ0) is 12.9. The Morgan fingerprint density at radius 2 is 1.89 bits per heavy atom. The van der Waals surface area contributed by atoms with Gasteiger partial charge in [-0.3, -0.25) is 0 Å². The molecule has 1 heterocycles.